The molecule has 94 valence electrons. The van der Waals surface area contributed by atoms with Crippen LogP contribution >= 0.6 is 0 Å². The molecule has 0 aliphatic carbocycles. The van der Waals surface area contributed by atoms with Crippen molar-refractivity contribution in [2.75, 3.05) is 4.90 Å². The van der Waals surface area contributed by atoms with Crippen molar-refractivity contribution in [1.82, 2.24) is 0 Å². The molecule has 1 aliphatic rings. The Morgan fingerprint density at radius 1 is 0.947 bits per heavy atom. The molecule has 2 aromatic carbocycles. The number of hydrogen-bond acceptors (Lipinski definition) is 2. The molecule has 0 saturated carbocycles. The van der Waals surface area contributed by atoms with Crippen LogP contribution in [0.3, 0.4) is 0 Å². The molecule has 0 radical (unpaired) electrons. The van der Waals surface area contributed by atoms with Crippen LogP contribution in [0.15, 0.2) is 71.9 Å². The van der Waals surface area contributed by atoms with E-state index < -0.39 is 0 Å². The summed E-state index contributed by atoms with van der Waals surface area (Å²) in [5.74, 6) is -0.231. The van der Waals surface area contributed by atoms with Crippen LogP contribution in [-0.4, -0.2) is 6.21 Å². The number of rotatable bonds is 2. The van der Waals surface area contributed by atoms with Crippen molar-refractivity contribution in [2.24, 2.45) is 4.99 Å². The van der Waals surface area contributed by atoms with Crippen LogP contribution in [-0.2, 0) is 0 Å². The van der Waals surface area contributed by atoms with Gasteiger partial charge in [0, 0.05) is 18.1 Å². The Kier molecular flexibility index (Phi) is 3.11. The Bertz CT molecular complexity index is 602. The van der Waals surface area contributed by atoms with Gasteiger partial charge in [0.05, 0.1) is 0 Å². The third-order valence-electron chi connectivity index (χ3n) is 3.05. The summed E-state index contributed by atoms with van der Waals surface area (Å²) in [6.45, 7) is 0. The Hall–Kier alpha value is -2.42. The van der Waals surface area contributed by atoms with E-state index >= 15 is 0 Å². The molecule has 1 unspecified atom stereocenters. The summed E-state index contributed by atoms with van der Waals surface area (Å²) in [5, 5.41) is 0. The zero-order valence-electron chi connectivity index (χ0n) is 10.3. The molecule has 2 nitrogen and oxygen atoms in total. The number of anilines is 1. The average molecular weight is 252 g/mol. The van der Waals surface area contributed by atoms with Gasteiger partial charge in [-0.3, -0.25) is 4.99 Å². The number of nitrogens with zero attached hydrogens (tertiary/aromatic N) is 2. The topological polar surface area (TPSA) is 15.6 Å². The summed E-state index contributed by atoms with van der Waals surface area (Å²) < 4.78 is 13.0. The molecule has 0 aromatic heterocycles. The third-order valence-corrected chi connectivity index (χ3v) is 3.05. The second kappa shape index (κ2) is 5.06. The van der Waals surface area contributed by atoms with Gasteiger partial charge >= 0.3 is 0 Å². The van der Waals surface area contributed by atoms with Crippen molar-refractivity contribution in [3.63, 3.8) is 0 Å². The van der Waals surface area contributed by atoms with E-state index in [-0.39, 0.29) is 12.0 Å². The van der Waals surface area contributed by atoms with Crippen molar-refractivity contribution < 1.29 is 4.39 Å². The van der Waals surface area contributed by atoms with Gasteiger partial charge in [-0.25, -0.2) is 4.39 Å². The van der Waals surface area contributed by atoms with Crippen LogP contribution in [0.2, 0.25) is 0 Å². The Morgan fingerprint density at radius 3 is 2.42 bits per heavy atom. The van der Waals surface area contributed by atoms with Gasteiger partial charge in [-0.2, -0.15) is 0 Å². The molecule has 1 heterocycles. The summed E-state index contributed by atoms with van der Waals surface area (Å²) in [6, 6.07) is 16.5. The SMILES string of the molecule is Fc1ccc(C2N=CC=CN2c2ccccc2)cc1. The first kappa shape index (κ1) is 11.7. The van der Waals surface area contributed by atoms with Crippen LogP contribution in [0.1, 0.15) is 11.7 Å². The van der Waals surface area contributed by atoms with Crippen LogP contribution < -0.4 is 4.90 Å². The predicted octanol–water partition coefficient (Wildman–Crippen LogP) is 3.93. The lowest BCUT2D eigenvalue weighted by Crippen LogP contribution is -2.23. The minimum absolute atomic E-state index is 0.145. The van der Waals surface area contributed by atoms with Gasteiger partial charge in [-0.05, 0) is 35.9 Å². The molecule has 3 heteroatoms. The maximum atomic E-state index is 13.0. The number of hydrogen-bond donors (Lipinski definition) is 0. The molecule has 0 fully saturated rings. The molecular weight excluding hydrogens is 239 g/mol. The van der Waals surface area contributed by atoms with Gasteiger partial charge in [0.2, 0.25) is 0 Å². The first-order valence-corrected chi connectivity index (χ1v) is 6.13. The fourth-order valence-electron chi connectivity index (χ4n) is 2.12. The highest BCUT2D eigenvalue weighted by atomic mass is 19.1. The van der Waals surface area contributed by atoms with E-state index in [2.05, 4.69) is 9.89 Å². The minimum Gasteiger partial charge on any atom is -0.322 e. The molecule has 0 spiro atoms. The average Bonchev–Trinajstić information content (AvgIpc) is 2.49. The van der Waals surface area contributed by atoms with Gasteiger partial charge < -0.3 is 4.90 Å². The first-order valence-electron chi connectivity index (χ1n) is 6.13. The van der Waals surface area contributed by atoms with E-state index in [4.69, 9.17) is 0 Å². The molecule has 1 atom stereocenters. The second-order valence-corrected chi connectivity index (χ2v) is 4.31. The quantitative estimate of drug-likeness (QED) is 0.790. The molecule has 3 rings (SSSR count). The number of para-hydroxylation sites is 1. The smallest absolute Gasteiger partial charge is 0.150 e. The van der Waals surface area contributed by atoms with Gasteiger partial charge in [-0.1, -0.05) is 30.3 Å². The summed E-state index contributed by atoms with van der Waals surface area (Å²) >= 11 is 0. The van der Waals surface area contributed by atoms with Crippen LogP contribution in [0, 0.1) is 5.82 Å². The van der Waals surface area contributed by atoms with Crippen LogP contribution in [0.5, 0.6) is 0 Å². The lowest BCUT2D eigenvalue weighted by molar-refractivity contribution is 0.624. The molecule has 19 heavy (non-hydrogen) atoms. The highest BCUT2D eigenvalue weighted by molar-refractivity contribution is 5.75. The summed E-state index contributed by atoms with van der Waals surface area (Å²) in [5.41, 5.74) is 2.02. The number of aliphatic imine (C=N–C) groups is 1. The van der Waals surface area contributed by atoms with Crippen molar-refractivity contribution >= 4 is 11.9 Å². The molecule has 1 aliphatic heterocycles. The molecule has 0 amide bonds. The van der Waals surface area contributed by atoms with Crippen molar-refractivity contribution in [3.8, 4) is 0 Å². The zero-order valence-corrected chi connectivity index (χ0v) is 10.3. The molecule has 0 N–H and O–H groups in total. The lowest BCUT2D eigenvalue weighted by Gasteiger charge is -2.29. The zero-order chi connectivity index (χ0) is 13.1. The van der Waals surface area contributed by atoms with Gasteiger partial charge in [0.1, 0.15) is 5.82 Å². The Balaban J connectivity index is 1.97. The maximum absolute atomic E-state index is 13.0. The molecular formula is C16H13FN2. The fraction of sp³-hybridized carbons (Fsp3) is 0.0625. The Morgan fingerprint density at radius 2 is 1.68 bits per heavy atom. The van der Waals surface area contributed by atoms with E-state index in [9.17, 15) is 4.39 Å². The molecule has 0 bridgehead atoms. The lowest BCUT2D eigenvalue weighted by atomic mass is 10.1. The van der Waals surface area contributed by atoms with E-state index in [0.717, 1.165) is 11.3 Å². The monoisotopic (exact) mass is 252 g/mol. The number of halogens is 1. The first-order chi connectivity index (χ1) is 9.34. The third kappa shape index (κ3) is 2.40. The highest BCUT2D eigenvalue weighted by Gasteiger charge is 2.19. The predicted molar refractivity (Wildman–Crippen MR) is 75.7 cm³/mol. The molecule has 0 saturated heterocycles. The molecule has 2 aromatic rings. The standard InChI is InChI=1S/C16H13FN2/c17-14-9-7-13(8-10-14)16-18-11-4-12-19(16)15-5-2-1-3-6-15/h1-12,16H. The van der Waals surface area contributed by atoms with Crippen LogP contribution in [0.4, 0.5) is 10.1 Å². The summed E-state index contributed by atoms with van der Waals surface area (Å²) in [6.07, 6.45) is 5.50. The van der Waals surface area contributed by atoms with Crippen molar-refractivity contribution in [3.05, 3.63) is 78.3 Å². The number of benzene rings is 2. The van der Waals surface area contributed by atoms with E-state index in [1.807, 2.05) is 42.6 Å². The highest BCUT2D eigenvalue weighted by Crippen LogP contribution is 2.30. The second-order valence-electron chi connectivity index (χ2n) is 4.31. The van der Waals surface area contributed by atoms with Crippen LogP contribution in [0.25, 0.3) is 0 Å². The fourth-order valence-corrected chi connectivity index (χ4v) is 2.12. The normalized spacial score (nSPS) is 17.7. The van der Waals surface area contributed by atoms with Gasteiger partial charge in [0.15, 0.2) is 6.17 Å². The van der Waals surface area contributed by atoms with E-state index in [1.54, 1.807) is 18.3 Å². The van der Waals surface area contributed by atoms with E-state index in [0.29, 0.717) is 0 Å². The van der Waals surface area contributed by atoms with E-state index in [1.165, 1.54) is 12.1 Å². The summed E-state index contributed by atoms with van der Waals surface area (Å²) in [7, 11) is 0. The maximum Gasteiger partial charge on any atom is 0.150 e. The number of allylic oxidation sites excluding steroid dienone is 1. The summed E-state index contributed by atoms with van der Waals surface area (Å²) in [4.78, 5) is 6.54. The van der Waals surface area contributed by atoms with Gasteiger partial charge in [-0.15, -0.1) is 0 Å². The van der Waals surface area contributed by atoms with Crippen molar-refractivity contribution in [2.45, 2.75) is 6.17 Å². The van der Waals surface area contributed by atoms with Gasteiger partial charge in [0.25, 0.3) is 0 Å². The Labute approximate surface area is 111 Å². The largest absolute Gasteiger partial charge is 0.322 e. The van der Waals surface area contributed by atoms with Crippen molar-refractivity contribution in [1.29, 1.82) is 0 Å². The minimum atomic E-state index is -0.231.